The first-order valence-electron chi connectivity index (χ1n) is 8.51. The number of carbonyl (C=O) groups excluding carboxylic acids is 1. The molecule has 0 saturated heterocycles. The summed E-state index contributed by atoms with van der Waals surface area (Å²) in [6, 6.07) is 9.76. The second kappa shape index (κ2) is 8.06. The lowest BCUT2D eigenvalue weighted by molar-refractivity contribution is -0.143. The molecule has 0 amide bonds. The Morgan fingerprint density at radius 2 is 1.88 bits per heavy atom. The van der Waals surface area contributed by atoms with Gasteiger partial charge in [0.1, 0.15) is 16.5 Å². The first-order chi connectivity index (χ1) is 12.5. The summed E-state index contributed by atoms with van der Waals surface area (Å²) in [5, 5.41) is 0.653. The SMILES string of the molecule is CCC(=O)OCCc1ccc(-n2c(CC)nc3cc(Cl)c(Cl)nc32)cc1. The van der Waals surface area contributed by atoms with Crippen LogP contribution in [0.15, 0.2) is 30.3 Å². The fourth-order valence-corrected chi connectivity index (χ4v) is 2.99. The van der Waals surface area contributed by atoms with Crippen LogP contribution in [0.4, 0.5) is 0 Å². The Kier molecular flexibility index (Phi) is 5.79. The lowest BCUT2D eigenvalue weighted by Gasteiger charge is -2.09. The number of esters is 1. The van der Waals surface area contributed by atoms with Crippen molar-refractivity contribution in [3.63, 3.8) is 0 Å². The molecule has 0 atom stereocenters. The maximum absolute atomic E-state index is 11.2. The second-order valence-corrected chi connectivity index (χ2v) is 6.58. The summed E-state index contributed by atoms with van der Waals surface area (Å²) in [6.45, 7) is 4.21. The van der Waals surface area contributed by atoms with Crippen LogP contribution in [0.3, 0.4) is 0 Å². The Bertz CT molecular complexity index is 936. The molecule has 0 aliphatic heterocycles. The molecule has 0 aliphatic rings. The third-order valence-corrected chi connectivity index (χ3v) is 4.74. The monoisotopic (exact) mass is 391 g/mol. The minimum atomic E-state index is -0.180. The van der Waals surface area contributed by atoms with Gasteiger partial charge in [0.25, 0.3) is 0 Å². The predicted molar refractivity (Wildman–Crippen MR) is 103 cm³/mol. The molecule has 0 fully saturated rings. The number of pyridine rings is 1. The maximum Gasteiger partial charge on any atom is 0.305 e. The highest BCUT2D eigenvalue weighted by atomic mass is 35.5. The van der Waals surface area contributed by atoms with Crippen molar-refractivity contribution in [3.05, 3.63) is 51.9 Å². The van der Waals surface area contributed by atoms with Crippen LogP contribution in [0.2, 0.25) is 10.2 Å². The first kappa shape index (κ1) is 18.7. The van der Waals surface area contributed by atoms with Gasteiger partial charge in [0.2, 0.25) is 0 Å². The number of benzene rings is 1. The molecule has 0 aliphatic carbocycles. The second-order valence-electron chi connectivity index (χ2n) is 5.81. The third kappa shape index (κ3) is 3.84. The summed E-state index contributed by atoms with van der Waals surface area (Å²) in [5.41, 5.74) is 3.44. The van der Waals surface area contributed by atoms with E-state index in [1.807, 2.05) is 35.8 Å². The van der Waals surface area contributed by atoms with Crippen molar-refractivity contribution in [2.45, 2.75) is 33.1 Å². The van der Waals surface area contributed by atoms with E-state index < -0.39 is 0 Å². The van der Waals surface area contributed by atoms with Gasteiger partial charge in [-0.2, -0.15) is 0 Å². The summed E-state index contributed by atoms with van der Waals surface area (Å²) < 4.78 is 7.11. The van der Waals surface area contributed by atoms with Gasteiger partial charge in [-0.05, 0) is 23.8 Å². The fourth-order valence-electron chi connectivity index (χ4n) is 2.71. The molecule has 0 saturated carbocycles. The van der Waals surface area contributed by atoms with Gasteiger partial charge in [-0.3, -0.25) is 9.36 Å². The molecule has 0 N–H and O–H groups in total. The number of fused-ring (bicyclic) bond motifs is 1. The summed E-state index contributed by atoms with van der Waals surface area (Å²) in [6.07, 6.45) is 1.82. The molecule has 0 bridgehead atoms. The summed E-state index contributed by atoms with van der Waals surface area (Å²) in [5.74, 6) is 0.705. The Balaban J connectivity index is 1.89. The van der Waals surface area contributed by atoms with Crippen LogP contribution >= 0.6 is 23.2 Å². The minimum Gasteiger partial charge on any atom is -0.465 e. The maximum atomic E-state index is 11.2. The topological polar surface area (TPSA) is 57.0 Å². The van der Waals surface area contributed by atoms with E-state index >= 15 is 0 Å². The number of hydrogen-bond acceptors (Lipinski definition) is 4. The average Bonchev–Trinajstić information content (AvgIpc) is 3.00. The lowest BCUT2D eigenvalue weighted by Crippen LogP contribution is -2.06. The summed E-state index contributed by atoms with van der Waals surface area (Å²) >= 11 is 12.2. The number of hydrogen-bond donors (Lipinski definition) is 0. The molecule has 7 heteroatoms. The first-order valence-corrected chi connectivity index (χ1v) is 9.27. The number of ether oxygens (including phenoxy) is 1. The van der Waals surface area contributed by atoms with Crippen molar-refractivity contribution in [2.24, 2.45) is 0 Å². The highest BCUT2D eigenvalue weighted by Crippen LogP contribution is 2.27. The molecule has 2 aromatic heterocycles. The molecular weight excluding hydrogens is 373 g/mol. The van der Waals surface area contributed by atoms with Gasteiger partial charge in [0, 0.05) is 24.9 Å². The summed E-state index contributed by atoms with van der Waals surface area (Å²) in [7, 11) is 0. The highest BCUT2D eigenvalue weighted by Gasteiger charge is 2.15. The number of aryl methyl sites for hydroxylation is 1. The van der Waals surface area contributed by atoms with E-state index in [1.165, 1.54) is 0 Å². The van der Waals surface area contributed by atoms with Gasteiger partial charge in [-0.1, -0.05) is 49.2 Å². The Labute approximate surface area is 161 Å². The van der Waals surface area contributed by atoms with Crippen molar-refractivity contribution in [1.82, 2.24) is 14.5 Å². The summed E-state index contributed by atoms with van der Waals surface area (Å²) in [4.78, 5) is 20.2. The average molecular weight is 392 g/mol. The van der Waals surface area contributed by atoms with Crippen molar-refractivity contribution < 1.29 is 9.53 Å². The Hall–Kier alpha value is -2.11. The van der Waals surface area contributed by atoms with E-state index in [9.17, 15) is 4.79 Å². The highest BCUT2D eigenvalue weighted by molar-refractivity contribution is 6.41. The molecule has 5 nitrogen and oxygen atoms in total. The van der Waals surface area contributed by atoms with Gasteiger partial charge in [-0.15, -0.1) is 0 Å². The number of nitrogens with zero attached hydrogens (tertiary/aromatic N) is 3. The van der Waals surface area contributed by atoms with E-state index in [4.69, 9.17) is 27.9 Å². The largest absolute Gasteiger partial charge is 0.465 e. The van der Waals surface area contributed by atoms with E-state index in [1.54, 1.807) is 13.0 Å². The minimum absolute atomic E-state index is 0.180. The number of rotatable bonds is 6. The van der Waals surface area contributed by atoms with Crippen LogP contribution in [0.25, 0.3) is 16.9 Å². The molecule has 0 spiro atoms. The van der Waals surface area contributed by atoms with Crippen LogP contribution < -0.4 is 0 Å². The van der Waals surface area contributed by atoms with Crippen LogP contribution in [0.1, 0.15) is 31.7 Å². The van der Waals surface area contributed by atoms with Crippen molar-refractivity contribution in [1.29, 1.82) is 0 Å². The number of aromatic nitrogens is 3. The standard InChI is InChI=1S/C19H19Cl2N3O2/c1-3-16-22-15-11-14(20)18(21)23-19(15)24(16)13-7-5-12(6-8-13)9-10-26-17(25)4-2/h5-8,11H,3-4,9-10H2,1-2H3. The van der Waals surface area contributed by atoms with E-state index in [-0.39, 0.29) is 11.1 Å². The zero-order chi connectivity index (χ0) is 18.7. The molecule has 2 heterocycles. The molecule has 1 aromatic carbocycles. The number of halogens is 2. The molecule has 26 heavy (non-hydrogen) atoms. The molecule has 0 unspecified atom stereocenters. The van der Waals surface area contributed by atoms with Gasteiger partial charge < -0.3 is 4.74 Å². The van der Waals surface area contributed by atoms with Crippen molar-refractivity contribution in [3.8, 4) is 5.69 Å². The normalized spacial score (nSPS) is 11.1. The van der Waals surface area contributed by atoms with Crippen LogP contribution in [0.5, 0.6) is 0 Å². The Morgan fingerprint density at radius 1 is 1.15 bits per heavy atom. The lowest BCUT2D eigenvalue weighted by atomic mass is 10.1. The smallest absolute Gasteiger partial charge is 0.305 e. The molecule has 3 aromatic rings. The zero-order valence-corrected chi connectivity index (χ0v) is 16.1. The predicted octanol–water partition coefficient (Wildman–Crippen LogP) is 4.79. The number of imidazole rings is 1. The van der Waals surface area contributed by atoms with Crippen LogP contribution in [-0.4, -0.2) is 27.1 Å². The quantitative estimate of drug-likeness (QED) is 0.447. The van der Waals surface area contributed by atoms with Gasteiger partial charge in [0.15, 0.2) is 5.65 Å². The number of carbonyl (C=O) groups is 1. The van der Waals surface area contributed by atoms with E-state index in [0.29, 0.717) is 35.6 Å². The van der Waals surface area contributed by atoms with Crippen molar-refractivity contribution in [2.75, 3.05) is 6.61 Å². The fraction of sp³-hybridized carbons (Fsp3) is 0.316. The van der Waals surface area contributed by atoms with E-state index in [0.717, 1.165) is 23.5 Å². The molecule has 136 valence electrons. The zero-order valence-electron chi connectivity index (χ0n) is 14.6. The van der Waals surface area contributed by atoms with Crippen LogP contribution in [-0.2, 0) is 22.4 Å². The third-order valence-electron chi connectivity index (χ3n) is 4.07. The Morgan fingerprint density at radius 3 is 2.54 bits per heavy atom. The van der Waals surface area contributed by atoms with Crippen molar-refractivity contribution >= 4 is 40.3 Å². The van der Waals surface area contributed by atoms with Gasteiger partial charge >= 0.3 is 5.97 Å². The van der Waals surface area contributed by atoms with Gasteiger partial charge in [-0.25, -0.2) is 9.97 Å². The van der Waals surface area contributed by atoms with E-state index in [2.05, 4.69) is 9.97 Å². The van der Waals surface area contributed by atoms with Gasteiger partial charge in [0.05, 0.1) is 11.6 Å². The molecule has 0 radical (unpaired) electrons. The molecular formula is C19H19Cl2N3O2. The molecule has 3 rings (SSSR count). The van der Waals surface area contributed by atoms with Crippen LogP contribution in [0, 0.1) is 0 Å².